The van der Waals surface area contributed by atoms with E-state index in [1.54, 1.807) is 24.3 Å². The predicted octanol–water partition coefficient (Wildman–Crippen LogP) is 0.385. The van der Waals surface area contributed by atoms with Crippen LogP contribution in [0.15, 0.2) is 29.2 Å². The van der Waals surface area contributed by atoms with E-state index < -0.39 is 6.04 Å². The SMILES string of the molecule is N#CCSc1ccccc1C(=O)NC(CO)CO. The van der Waals surface area contributed by atoms with E-state index in [9.17, 15) is 4.79 Å². The van der Waals surface area contributed by atoms with Crippen molar-refractivity contribution in [2.75, 3.05) is 19.0 Å². The molecule has 0 spiro atoms. The molecule has 6 heteroatoms. The molecule has 0 saturated carbocycles. The fourth-order valence-corrected chi connectivity index (χ4v) is 2.01. The van der Waals surface area contributed by atoms with Crippen molar-refractivity contribution >= 4 is 17.7 Å². The lowest BCUT2D eigenvalue weighted by Gasteiger charge is -2.14. The van der Waals surface area contributed by atoms with Gasteiger partial charge in [-0.2, -0.15) is 5.26 Å². The van der Waals surface area contributed by atoms with Gasteiger partial charge >= 0.3 is 0 Å². The van der Waals surface area contributed by atoms with Crippen LogP contribution in [0.1, 0.15) is 10.4 Å². The molecular formula is C12H14N2O3S. The van der Waals surface area contributed by atoms with Crippen molar-refractivity contribution in [3.8, 4) is 6.07 Å². The molecule has 0 aromatic heterocycles. The fourth-order valence-electron chi connectivity index (χ4n) is 1.30. The molecule has 0 aliphatic heterocycles. The zero-order valence-electron chi connectivity index (χ0n) is 9.67. The van der Waals surface area contributed by atoms with E-state index >= 15 is 0 Å². The highest BCUT2D eigenvalue weighted by Gasteiger charge is 2.15. The number of nitrogens with zero attached hydrogens (tertiary/aromatic N) is 1. The molecule has 0 unspecified atom stereocenters. The van der Waals surface area contributed by atoms with Gasteiger partial charge in [-0.05, 0) is 12.1 Å². The van der Waals surface area contributed by atoms with Crippen molar-refractivity contribution in [1.82, 2.24) is 5.32 Å². The quantitative estimate of drug-likeness (QED) is 0.647. The number of hydrogen-bond acceptors (Lipinski definition) is 5. The second-order valence-corrected chi connectivity index (χ2v) is 4.50. The van der Waals surface area contributed by atoms with Crippen LogP contribution in [0, 0.1) is 11.3 Å². The van der Waals surface area contributed by atoms with Gasteiger partial charge in [-0.15, -0.1) is 11.8 Å². The highest BCUT2D eigenvalue weighted by atomic mass is 32.2. The van der Waals surface area contributed by atoms with Gasteiger partial charge < -0.3 is 15.5 Å². The molecule has 0 aliphatic carbocycles. The lowest BCUT2D eigenvalue weighted by atomic mass is 10.2. The van der Waals surface area contributed by atoms with Gasteiger partial charge in [-0.25, -0.2) is 0 Å². The molecular weight excluding hydrogens is 252 g/mol. The second kappa shape index (κ2) is 7.71. The molecule has 0 radical (unpaired) electrons. The van der Waals surface area contributed by atoms with E-state index in [0.717, 1.165) is 0 Å². The van der Waals surface area contributed by atoms with Crippen LogP contribution in [0.2, 0.25) is 0 Å². The van der Waals surface area contributed by atoms with Gasteiger partial charge in [0.1, 0.15) is 0 Å². The molecule has 1 amide bonds. The molecule has 96 valence electrons. The summed E-state index contributed by atoms with van der Waals surface area (Å²) in [5.41, 5.74) is 0.435. The number of carbonyl (C=O) groups excluding carboxylic acids is 1. The standard InChI is InChI=1S/C12H14N2O3S/c13-5-6-18-11-4-2-1-3-10(11)12(17)14-9(7-15)8-16/h1-4,9,15-16H,6-8H2,(H,14,17). The maximum absolute atomic E-state index is 11.9. The highest BCUT2D eigenvalue weighted by molar-refractivity contribution is 7.99. The summed E-state index contributed by atoms with van der Waals surface area (Å²) in [6.07, 6.45) is 0. The third-order valence-corrected chi connectivity index (χ3v) is 3.14. The molecule has 5 nitrogen and oxygen atoms in total. The maximum atomic E-state index is 11.9. The molecule has 0 aliphatic rings. The first-order valence-electron chi connectivity index (χ1n) is 5.34. The number of benzene rings is 1. The summed E-state index contributed by atoms with van der Waals surface area (Å²) in [4.78, 5) is 12.6. The van der Waals surface area contributed by atoms with E-state index in [4.69, 9.17) is 15.5 Å². The average Bonchev–Trinajstić information content (AvgIpc) is 2.42. The number of aliphatic hydroxyl groups is 2. The minimum atomic E-state index is -0.675. The summed E-state index contributed by atoms with van der Waals surface area (Å²) in [5, 5.41) is 28.9. The molecule has 1 aromatic carbocycles. The predicted molar refractivity (Wildman–Crippen MR) is 68.2 cm³/mol. The van der Waals surface area contributed by atoms with Crippen LogP contribution in [-0.2, 0) is 0 Å². The molecule has 1 aromatic rings. The Labute approximate surface area is 109 Å². The number of aliphatic hydroxyl groups excluding tert-OH is 2. The monoisotopic (exact) mass is 266 g/mol. The Balaban J connectivity index is 2.81. The maximum Gasteiger partial charge on any atom is 0.252 e. The summed E-state index contributed by atoms with van der Waals surface area (Å²) >= 11 is 1.27. The van der Waals surface area contributed by atoms with Crippen molar-refractivity contribution in [3.63, 3.8) is 0 Å². The lowest BCUT2D eigenvalue weighted by Crippen LogP contribution is -2.40. The Bertz CT molecular complexity index is 441. The van der Waals surface area contributed by atoms with E-state index in [1.165, 1.54) is 11.8 Å². The lowest BCUT2D eigenvalue weighted by molar-refractivity contribution is 0.0876. The Hall–Kier alpha value is -1.55. The summed E-state index contributed by atoms with van der Waals surface area (Å²) in [7, 11) is 0. The Kier molecular flexibility index (Phi) is 6.22. The zero-order chi connectivity index (χ0) is 13.4. The first-order chi connectivity index (χ1) is 8.72. The fraction of sp³-hybridized carbons (Fsp3) is 0.333. The van der Waals surface area contributed by atoms with Crippen molar-refractivity contribution in [2.45, 2.75) is 10.9 Å². The number of thioether (sulfide) groups is 1. The number of hydrogen-bond donors (Lipinski definition) is 3. The summed E-state index contributed by atoms with van der Waals surface area (Å²) in [6.45, 7) is -0.647. The largest absolute Gasteiger partial charge is 0.394 e. The molecule has 1 rings (SSSR count). The van der Waals surface area contributed by atoms with E-state index in [2.05, 4.69) is 5.32 Å². The third-order valence-electron chi connectivity index (χ3n) is 2.20. The minimum Gasteiger partial charge on any atom is -0.394 e. The van der Waals surface area contributed by atoms with E-state index in [-0.39, 0.29) is 24.9 Å². The van der Waals surface area contributed by atoms with Gasteiger partial charge in [-0.3, -0.25) is 4.79 Å². The Morgan fingerprint density at radius 3 is 2.67 bits per heavy atom. The molecule has 3 N–H and O–H groups in total. The highest BCUT2D eigenvalue weighted by Crippen LogP contribution is 2.22. The first kappa shape index (κ1) is 14.5. The molecule has 18 heavy (non-hydrogen) atoms. The van der Waals surface area contributed by atoms with Gasteiger partial charge in [0, 0.05) is 4.90 Å². The second-order valence-electron chi connectivity index (χ2n) is 3.48. The summed E-state index contributed by atoms with van der Waals surface area (Å²) < 4.78 is 0. The van der Waals surface area contributed by atoms with Gasteiger partial charge in [0.15, 0.2) is 0 Å². The van der Waals surface area contributed by atoms with Gasteiger partial charge in [-0.1, -0.05) is 12.1 Å². The molecule has 0 fully saturated rings. The smallest absolute Gasteiger partial charge is 0.252 e. The Morgan fingerprint density at radius 2 is 2.06 bits per heavy atom. The number of nitrogens with one attached hydrogen (secondary N) is 1. The van der Waals surface area contributed by atoms with Crippen LogP contribution in [0.4, 0.5) is 0 Å². The van der Waals surface area contributed by atoms with Gasteiger partial charge in [0.25, 0.3) is 5.91 Å². The third kappa shape index (κ3) is 4.04. The summed E-state index contributed by atoms with van der Waals surface area (Å²) in [5.74, 6) is -0.114. The molecule has 0 saturated heterocycles. The number of carbonyl (C=O) groups is 1. The topological polar surface area (TPSA) is 93.4 Å². The van der Waals surface area contributed by atoms with Crippen molar-refractivity contribution in [2.24, 2.45) is 0 Å². The van der Waals surface area contributed by atoms with Crippen molar-refractivity contribution in [3.05, 3.63) is 29.8 Å². The van der Waals surface area contributed by atoms with Crippen molar-refractivity contribution < 1.29 is 15.0 Å². The van der Waals surface area contributed by atoms with Crippen LogP contribution in [0.3, 0.4) is 0 Å². The molecule has 0 atom stereocenters. The molecule has 0 heterocycles. The number of rotatable bonds is 6. The first-order valence-corrected chi connectivity index (χ1v) is 6.32. The zero-order valence-corrected chi connectivity index (χ0v) is 10.5. The van der Waals surface area contributed by atoms with Crippen LogP contribution < -0.4 is 5.32 Å². The van der Waals surface area contributed by atoms with E-state index in [0.29, 0.717) is 10.5 Å². The summed E-state index contributed by atoms with van der Waals surface area (Å²) in [6, 6.07) is 8.22. The van der Waals surface area contributed by atoms with Crippen LogP contribution >= 0.6 is 11.8 Å². The Morgan fingerprint density at radius 1 is 1.39 bits per heavy atom. The van der Waals surface area contributed by atoms with Crippen molar-refractivity contribution in [1.29, 1.82) is 5.26 Å². The number of nitriles is 1. The van der Waals surface area contributed by atoms with Crippen LogP contribution in [-0.4, -0.2) is 41.1 Å². The number of amides is 1. The van der Waals surface area contributed by atoms with Crippen LogP contribution in [0.25, 0.3) is 0 Å². The van der Waals surface area contributed by atoms with Crippen LogP contribution in [0.5, 0.6) is 0 Å². The average molecular weight is 266 g/mol. The normalized spacial score (nSPS) is 10.1. The molecule has 0 bridgehead atoms. The van der Waals surface area contributed by atoms with Gasteiger partial charge in [0.05, 0.1) is 36.6 Å². The minimum absolute atomic E-state index is 0.258. The van der Waals surface area contributed by atoms with E-state index in [1.807, 2.05) is 6.07 Å². The van der Waals surface area contributed by atoms with Gasteiger partial charge in [0.2, 0.25) is 0 Å².